The predicted molar refractivity (Wildman–Crippen MR) is 108 cm³/mol. The van der Waals surface area contributed by atoms with E-state index in [-0.39, 0.29) is 11.9 Å². The fraction of sp³-hybridized carbons (Fsp3) is 0.227. The molecule has 26 heavy (non-hydrogen) atoms. The molecular weight excluding hydrogens is 344 g/mol. The lowest BCUT2D eigenvalue weighted by atomic mass is 10.1. The third-order valence-corrected chi connectivity index (χ3v) is 4.96. The largest absolute Gasteiger partial charge is 0.350 e. The number of amides is 1. The van der Waals surface area contributed by atoms with Crippen LogP contribution in [-0.2, 0) is 0 Å². The molecule has 0 unspecified atom stereocenters. The molecule has 1 amide bonds. The summed E-state index contributed by atoms with van der Waals surface area (Å²) in [5.74, 6) is -0.0557. The molecular formula is C22H23ClN2O. The molecule has 0 aliphatic carbocycles. The zero-order valence-corrected chi connectivity index (χ0v) is 16.0. The fourth-order valence-electron chi connectivity index (χ4n) is 3.01. The van der Waals surface area contributed by atoms with Crippen LogP contribution in [0.3, 0.4) is 0 Å². The lowest BCUT2D eigenvalue weighted by Crippen LogP contribution is -2.32. The van der Waals surface area contributed by atoms with Gasteiger partial charge in [-0.2, -0.15) is 0 Å². The molecule has 1 N–H and O–H groups in total. The number of carbonyl (C=O) groups is 1. The molecule has 1 aromatic heterocycles. The molecule has 0 bridgehead atoms. The molecule has 0 aliphatic heterocycles. The summed E-state index contributed by atoms with van der Waals surface area (Å²) in [5, 5.41) is 3.71. The Bertz CT molecular complexity index is 915. The van der Waals surface area contributed by atoms with Crippen LogP contribution in [0.15, 0.2) is 60.7 Å². The van der Waals surface area contributed by atoms with Gasteiger partial charge in [0, 0.05) is 11.7 Å². The van der Waals surface area contributed by atoms with Gasteiger partial charge >= 0.3 is 0 Å². The Morgan fingerprint density at radius 3 is 2.42 bits per heavy atom. The minimum atomic E-state index is -0.0557. The highest BCUT2D eigenvalue weighted by atomic mass is 35.5. The minimum Gasteiger partial charge on any atom is -0.350 e. The molecule has 0 fully saturated rings. The molecule has 3 aromatic rings. The summed E-state index contributed by atoms with van der Waals surface area (Å²) >= 11 is 6.46. The van der Waals surface area contributed by atoms with E-state index in [1.54, 1.807) is 0 Å². The van der Waals surface area contributed by atoms with Crippen molar-refractivity contribution in [1.29, 1.82) is 0 Å². The quantitative estimate of drug-likeness (QED) is 0.623. The molecule has 0 radical (unpaired) electrons. The maximum absolute atomic E-state index is 12.8. The number of aromatic nitrogens is 1. The molecule has 2 aromatic carbocycles. The van der Waals surface area contributed by atoms with Gasteiger partial charge in [0.2, 0.25) is 0 Å². The number of benzene rings is 2. The number of rotatable bonds is 5. The minimum absolute atomic E-state index is 0.0557. The highest BCUT2D eigenvalue weighted by Gasteiger charge is 2.21. The molecule has 1 heterocycles. The summed E-state index contributed by atoms with van der Waals surface area (Å²) in [5.41, 5.74) is 4.40. The zero-order chi connectivity index (χ0) is 18.7. The Balaban J connectivity index is 2.18. The van der Waals surface area contributed by atoms with Crippen LogP contribution in [-0.4, -0.2) is 16.5 Å². The van der Waals surface area contributed by atoms with Gasteiger partial charge in [0.15, 0.2) is 0 Å². The first kappa shape index (κ1) is 18.3. The predicted octanol–water partition coefficient (Wildman–Crippen LogP) is 5.63. The van der Waals surface area contributed by atoms with E-state index in [4.69, 9.17) is 11.6 Å². The molecule has 0 aliphatic rings. The first-order valence-electron chi connectivity index (χ1n) is 8.86. The molecule has 4 heteroatoms. The third kappa shape index (κ3) is 3.54. The molecule has 0 spiro atoms. The number of para-hydroxylation sites is 1. The Morgan fingerprint density at radius 1 is 1.12 bits per heavy atom. The Kier molecular flexibility index (Phi) is 5.48. The van der Waals surface area contributed by atoms with Crippen molar-refractivity contribution in [2.45, 2.75) is 33.2 Å². The average Bonchev–Trinajstić information content (AvgIpc) is 3.00. The number of halogens is 1. The van der Waals surface area contributed by atoms with Gasteiger partial charge in [-0.05, 0) is 44.0 Å². The smallest absolute Gasteiger partial charge is 0.253 e. The van der Waals surface area contributed by atoms with Gasteiger partial charge in [0.05, 0.1) is 22.0 Å². The summed E-state index contributed by atoms with van der Waals surface area (Å²) in [6.45, 7) is 6.03. The van der Waals surface area contributed by atoms with E-state index in [9.17, 15) is 4.79 Å². The summed E-state index contributed by atoms with van der Waals surface area (Å²) in [6.07, 6.45) is 0.890. The van der Waals surface area contributed by atoms with Gasteiger partial charge in [0.25, 0.3) is 5.91 Å². The van der Waals surface area contributed by atoms with Gasteiger partial charge in [0.1, 0.15) is 0 Å². The lowest BCUT2D eigenvalue weighted by molar-refractivity contribution is 0.0938. The third-order valence-electron chi connectivity index (χ3n) is 4.64. The van der Waals surface area contributed by atoms with Crippen molar-refractivity contribution in [1.82, 2.24) is 9.88 Å². The monoisotopic (exact) mass is 366 g/mol. The second-order valence-electron chi connectivity index (χ2n) is 6.46. The maximum atomic E-state index is 12.8. The van der Waals surface area contributed by atoms with Crippen molar-refractivity contribution in [3.63, 3.8) is 0 Å². The van der Waals surface area contributed by atoms with Crippen LogP contribution in [0.4, 0.5) is 0 Å². The van der Waals surface area contributed by atoms with Crippen LogP contribution in [0, 0.1) is 6.92 Å². The van der Waals surface area contributed by atoms with E-state index >= 15 is 0 Å². The highest BCUT2D eigenvalue weighted by molar-refractivity contribution is 6.32. The zero-order valence-electron chi connectivity index (χ0n) is 15.3. The second kappa shape index (κ2) is 7.79. The van der Waals surface area contributed by atoms with Gasteiger partial charge < -0.3 is 9.88 Å². The van der Waals surface area contributed by atoms with Crippen molar-refractivity contribution in [3.05, 3.63) is 76.9 Å². The van der Waals surface area contributed by atoms with Crippen molar-refractivity contribution in [3.8, 4) is 16.9 Å². The van der Waals surface area contributed by atoms with E-state index in [0.29, 0.717) is 10.6 Å². The number of hydrogen-bond donors (Lipinski definition) is 1. The molecule has 134 valence electrons. The van der Waals surface area contributed by atoms with Gasteiger partial charge in [-0.25, -0.2) is 0 Å². The van der Waals surface area contributed by atoms with Gasteiger partial charge in [-0.1, -0.05) is 61.0 Å². The molecule has 0 saturated carbocycles. The highest BCUT2D eigenvalue weighted by Crippen LogP contribution is 2.32. The van der Waals surface area contributed by atoms with Crippen molar-refractivity contribution in [2.24, 2.45) is 0 Å². The molecule has 1 atom stereocenters. The van der Waals surface area contributed by atoms with E-state index < -0.39 is 0 Å². The van der Waals surface area contributed by atoms with Crippen molar-refractivity contribution < 1.29 is 4.79 Å². The number of hydrogen-bond acceptors (Lipinski definition) is 1. The van der Waals surface area contributed by atoms with Crippen LogP contribution >= 0.6 is 11.6 Å². The normalized spacial score (nSPS) is 12.0. The van der Waals surface area contributed by atoms with E-state index in [1.807, 2.05) is 74.5 Å². The number of nitrogens with zero attached hydrogens (tertiary/aromatic N) is 1. The standard InChI is InChI=1S/C22H23ClN2O/c1-4-15(2)24-22(26)18-14-21(17-10-6-5-7-11-17)25(16(18)3)20-13-9-8-12-19(20)23/h5-15H,4H2,1-3H3,(H,24,26)/t15-/m0/s1. The van der Waals surface area contributed by atoms with Gasteiger partial charge in [-0.15, -0.1) is 0 Å². The van der Waals surface area contributed by atoms with Crippen LogP contribution in [0.2, 0.25) is 5.02 Å². The van der Waals surface area contributed by atoms with Crippen LogP contribution < -0.4 is 5.32 Å². The Hall–Kier alpha value is -2.52. The first-order valence-corrected chi connectivity index (χ1v) is 9.24. The summed E-state index contributed by atoms with van der Waals surface area (Å²) < 4.78 is 2.06. The summed E-state index contributed by atoms with van der Waals surface area (Å²) in [6, 6.07) is 19.8. The van der Waals surface area contributed by atoms with Crippen molar-refractivity contribution in [2.75, 3.05) is 0 Å². The summed E-state index contributed by atoms with van der Waals surface area (Å²) in [4.78, 5) is 12.8. The number of nitrogens with one attached hydrogen (secondary N) is 1. The Morgan fingerprint density at radius 2 is 1.77 bits per heavy atom. The van der Waals surface area contributed by atoms with Crippen LogP contribution in [0.25, 0.3) is 16.9 Å². The molecule has 0 saturated heterocycles. The molecule has 3 rings (SSSR count). The van der Waals surface area contributed by atoms with Crippen LogP contribution in [0.1, 0.15) is 36.3 Å². The van der Waals surface area contributed by atoms with Gasteiger partial charge in [-0.3, -0.25) is 4.79 Å². The van der Waals surface area contributed by atoms with Crippen LogP contribution in [0.5, 0.6) is 0 Å². The second-order valence-corrected chi connectivity index (χ2v) is 6.87. The molecule has 3 nitrogen and oxygen atoms in total. The Labute approximate surface area is 159 Å². The van der Waals surface area contributed by atoms with Crippen molar-refractivity contribution >= 4 is 17.5 Å². The maximum Gasteiger partial charge on any atom is 0.253 e. The van der Waals surface area contributed by atoms with E-state index in [2.05, 4.69) is 16.8 Å². The fourth-order valence-corrected chi connectivity index (χ4v) is 3.23. The average molecular weight is 367 g/mol. The first-order chi connectivity index (χ1) is 12.5. The summed E-state index contributed by atoms with van der Waals surface area (Å²) in [7, 11) is 0. The SMILES string of the molecule is CC[C@H](C)NC(=O)c1cc(-c2ccccc2)n(-c2ccccc2Cl)c1C. The number of carbonyl (C=O) groups excluding carboxylic acids is 1. The van der Waals surface area contributed by atoms with E-state index in [1.165, 1.54) is 0 Å². The van der Waals surface area contributed by atoms with E-state index in [0.717, 1.165) is 29.1 Å². The lowest BCUT2D eigenvalue weighted by Gasteiger charge is -2.14. The topological polar surface area (TPSA) is 34.0 Å².